The van der Waals surface area contributed by atoms with Crippen LogP contribution in [0.5, 0.6) is 0 Å². The number of thioether (sulfide) groups is 1. The van der Waals surface area contributed by atoms with Gasteiger partial charge in [0.15, 0.2) is 0 Å². The van der Waals surface area contributed by atoms with Gasteiger partial charge < -0.3 is 10.2 Å². The van der Waals surface area contributed by atoms with Crippen molar-refractivity contribution in [2.45, 2.75) is 4.90 Å². The normalized spacial score (nSPS) is 11.3. The van der Waals surface area contributed by atoms with Gasteiger partial charge in [-0.3, -0.25) is 9.97 Å². The summed E-state index contributed by atoms with van der Waals surface area (Å²) in [6, 6.07) is 16.0. The quantitative estimate of drug-likeness (QED) is 0.289. The van der Waals surface area contributed by atoms with Crippen LogP contribution in [0.3, 0.4) is 0 Å². The fraction of sp³-hybridized carbons (Fsp3) is 0.0870. The van der Waals surface area contributed by atoms with Crippen molar-refractivity contribution in [1.82, 2.24) is 9.97 Å². The lowest BCUT2D eigenvalue weighted by Crippen LogP contribution is -2.21. The van der Waals surface area contributed by atoms with Gasteiger partial charge in [-0.2, -0.15) is 0 Å². The van der Waals surface area contributed by atoms with Gasteiger partial charge in [-0.05, 0) is 49.4 Å². The van der Waals surface area contributed by atoms with Crippen LogP contribution in [0, 0.1) is 0 Å². The molecule has 0 spiro atoms. The first-order chi connectivity index (χ1) is 14.3. The molecule has 0 bridgehead atoms. The topological polar surface area (TPSA) is 53.4 Å². The molecule has 1 N–H and O–H groups in total. The Hall–Kier alpha value is -3.38. The third kappa shape index (κ3) is 5.12. The first kappa shape index (κ1) is 20.4. The number of pyridine rings is 2. The Morgan fingerprint density at radius 1 is 1.07 bits per heavy atom. The molecule has 1 aromatic carbocycles. The summed E-state index contributed by atoms with van der Waals surface area (Å²) in [7, 11) is 0. The number of rotatable bonds is 9. The smallest absolute Gasteiger partial charge is 0.134 e. The van der Waals surface area contributed by atoms with Crippen LogP contribution in [-0.4, -0.2) is 29.5 Å². The minimum Gasteiger partial charge on any atom is -0.339 e. The minimum absolute atomic E-state index is 0.531. The van der Waals surface area contributed by atoms with Crippen molar-refractivity contribution in [2.75, 3.05) is 23.0 Å². The second-order valence-electron chi connectivity index (χ2n) is 6.07. The number of benzene rings is 1. The average Bonchev–Trinajstić information content (AvgIpc) is 2.80. The number of hydrogen-bond acceptors (Lipinski definition) is 6. The summed E-state index contributed by atoms with van der Waals surface area (Å²) < 4.78 is 0. The van der Waals surface area contributed by atoms with Crippen LogP contribution in [0.1, 0.15) is 0 Å². The summed E-state index contributed by atoms with van der Waals surface area (Å²) in [4.78, 5) is 16.0. The Morgan fingerprint density at radius 2 is 1.72 bits per heavy atom. The highest BCUT2D eigenvalue weighted by atomic mass is 32.2. The minimum atomic E-state index is 0.531. The molecule has 6 heteroatoms. The second-order valence-corrected chi connectivity index (χ2v) is 6.92. The monoisotopic (exact) mass is 401 g/mol. The van der Waals surface area contributed by atoms with Crippen LogP contribution in [-0.2, 0) is 0 Å². The lowest BCUT2D eigenvalue weighted by molar-refractivity contribution is 1.02. The van der Waals surface area contributed by atoms with Gasteiger partial charge in [-0.1, -0.05) is 24.8 Å². The molecule has 146 valence electrons. The van der Waals surface area contributed by atoms with Gasteiger partial charge in [0, 0.05) is 22.9 Å². The van der Waals surface area contributed by atoms with Gasteiger partial charge in [0.05, 0.1) is 36.0 Å². The summed E-state index contributed by atoms with van der Waals surface area (Å²) in [5, 5.41) is 3.41. The van der Waals surface area contributed by atoms with E-state index in [9.17, 15) is 0 Å². The van der Waals surface area contributed by atoms with Gasteiger partial charge >= 0.3 is 0 Å². The lowest BCUT2D eigenvalue weighted by atomic mass is 10.2. The first-order valence-corrected chi connectivity index (χ1v) is 10.3. The van der Waals surface area contributed by atoms with E-state index in [1.165, 1.54) is 0 Å². The average molecular weight is 402 g/mol. The van der Waals surface area contributed by atoms with E-state index in [1.54, 1.807) is 30.2 Å². The van der Waals surface area contributed by atoms with E-state index >= 15 is 0 Å². The highest BCUT2D eigenvalue weighted by Crippen LogP contribution is 2.29. The Balaban J connectivity index is 1.99. The maximum absolute atomic E-state index is 4.26. The van der Waals surface area contributed by atoms with Gasteiger partial charge in [0.1, 0.15) is 5.82 Å². The van der Waals surface area contributed by atoms with E-state index in [4.69, 9.17) is 0 Å². The number of aromatic nitrogens is 2. The molecule has 5 nitrogen and oxygen atoms in total. The van der Waals surface area contributed by atoms with Crippen molar-refractivity contribution in [1.29, 1.82) is 0 Å². The Morgan fingerprint density at radius 3 is 2.24 bits per heavy atom. The van der Waals surface area contributed by atoms with E-state index in [0.717, 1.165) is 27.5 Å². The summed E-state index contributed by atoms with van der Waals surface area (Å²) in [5.74, 6) is 0.666. The standard InChI is InChI=1S/C23H23N5S/c1-4-18(23(24-2)27-21-11-5-6-12-22(21)29-3)17-28(19-9-7-13-25-15-19)20-10-8-14-26-16-20/h4-16,27H,1-2,17H2,3H3/b23-18-. The molecule has 0 aliphatic heterocycles. The fourth-order valence-corrected chi connectivity index (χ4v) is 3.42. The van der Waals surface area contributed by atoms with E-state index in [0.29, 0.717) is 12.4 Å². The van der Waals surface area contributed by atoms with Crippen molar-refractivity contribution in [3.63, 3.8) is 0 Å². The number of nitrogens with one attached hydrogen (secondary N) is 1. The fourth-order valence-electron chi connectivity index (χ4n) is 2.86. The van der Waals surface area contributed by atoms with E-state index in [1.807, 2.05) is 61.1 Å². The highest BCUT2D eigenvalue weighted by molar-refractivity contribution is 7.98. The molecule has 0 saturated heterocycles. The molecule has 0 aliphatic rings. The molecule has 0 radical (unpaired) electrons. The Bertz CT molecular complexity index is 947. The molecule has 3 rings (SSSR count). The number of aliphatic imine (C=N–C) groups is 1. The summed E-state index contributed by atoms with van der Waals surface area (Å²) >= 11 is 1.67. The molecule has 2 aromatic heterocycles. The lowest BCUT2D eigenvalue weighted by Gasteiger charge is -2.25. The van der Waals surface area contributed by atoms with Gasteiger partial charge in [-0.25, -0.2) is 4.99 Å². The molecule has 29 heavy (non-hydrogen) atoms. The third-order valence-corrected chi connectivity index (χ3v) is 5.11. The number of anilines is 3. The zero-order valence-electron chi connectivity index (χ0n) is 16.3. The van der Waals surface area contributed by atoms with Crippen LogP contribution in [0.2, 0.25) is 0 Å². The van der Waals surface area contributed by atoms with Gasteiger partial charge in [0.2, 0.25) is 0 Å². The van der Waals surface area contributed by atoms with Crippen molar-refractivity contribution < 1.29 is 0 Å². The largest absolute Gasteiger partial charge is 0.339 e. The molecule has 0 unspecified atom stereocenters. The summed E-state index contributed by atoms with van der Waals surface area (Å²) in [5.41, 5.74) is 3.79. The molecular formula is C23H23N5S. The van der Waals surface area contributed by atoms with E-state index < -0.39 is 0 Å². The molecule has 0 fully saturated rings. The molecule has 2 heterocycles. The number of nitrogens with zero attached hydrogens (tertiary/aromatic N) is 4. The van der Waals surface area contributed by atoms with Crippen LogP contribution >= 0.6 is 11.8 Å². The maximum atomic E-state index is 4.26. The zero-order chi connectivity index (χ0) is 20.5. The Labute approximate surface area is 175 Å². The van der Waals surface area contributed by atoms with Crippen molar-refractivity contribution in [3.8, 4) is 0 Å². The molecule has 0 saturated carbocycles. The SMILES string of the molecule is C=C/C(CN(c1cccnc1)c1cccnc1)=C(\N=C)Nc1ccccc1SC. The van der Waals surface area contributed by atoms with E-state index in [-0.39, 0.29) is 0 Å². The van der Waals surface area contributed by atoms with Crippen LogP contribution < -0.4 is 10.2 Å². The molecule has 3 aromatic rings. The molecule has 0 amide bonds. The highest BCUT2D eigenvalue weighted by Gasteiger charge is 2.14. The maximum Gasteiger partial charge on any atom is 0.134 e. The summed E-state index contributed by atoms with van der Waals surface area (Å²) in [6.45, 7) is 8.30. The molecule has 0 atom stereocenters. The predicted octanol–water partition coefficient (Wildman–Crippen LogP) is 5.55. The van der Waals surface area contributed by atoms with E-state index in [2.05, 4.69) is 44.5 Å². The first-order valence-electron chi connectivity index (χ1n) is 9.06. The van der Waals surface area contributed by atoms with Crippen LogP contribution in [0.15, 0.2) is 107 Å². The molecular weight excluding hydrogens is 378 g/mol. The van der Waals surface area contributed by atoms with Gasteiger partial charge in [0.25, 0.3) is 0 Å². The van der Waals surface area contributed by atoms with Crippen molar-refractivity contribution >= 4 is 35.5 Å². The van der Waals surface area contributed by atoms with Crippen molar-refractivity contribution in [2.24, 2.45) is 4.99 Å². The third-order valence-electron chi connectivity index (χ3n) is 4.31. The van der Waals surface area contributed by atoms with Crippen LogP contribution in [0.4, 0.5) is 17.1 Å². The zero-order valence-corrected chi connectivity index (χ0v) is 17.1. The van der Waals surface area contributed by atoms with Gasteiger partial charge in [-0.15, -0.1) is 11.8 Å². The predicted molar refractivity (Wildman–Crippen MR) is 124 cm³/mol. The Kier molecular flexibility index (Phi) is 7.19. The number of hydrogen-bond donors (Lipinski definition) is 1. The van der Waals surface area contributed by atoms with Crippen LogP contribution in [0.25, 0.3) is 0 Å². The van der Waals surface area contributed by atoms with Crippen molar-refractivity contribution in [3.05, 3.63) is 97.4 Å². The second kappa shape index (κ2) is 10.2. The summed E-state index contributed by atoms with van der Waals surface area (Å²) in [6.07, 6.45) is 11.0. The molecule has 0 aliphatic carbocycles. The number of para-hydroxylation sites is 1.